The van der Waals surface area contributed by atoms with Gasteiger partial charge in [-0.3, -0.25) is 4.99 Å². The van der Waals surface area contributed by atoms with Crippen LogP contribution in [0.25, 0.3) is 0 Å². The Morgan fingerprint density at radius 1 is 1.50 bits per heavy atom. The molecular weight excluding hydrogens is 131 g/mol. The standard InChI is InChI=1S/C7H13FN2/c1-9-6-7(8)2-4-10-5-3-7/h10H,1-6H2. The molecular formula is C7H13FN2. The van der Waals surface area contributed by atoms with Crippen molar-refractivity contribution in [2.24, 2.45) is 4.99 Å². The molecule has 1 fully saturated rings. The molecule has 0 bridgehead atoms. The van der Waals surface area contributed by atoms with Crippen LogP contribution in [0, 0.1) is 0 Å². The molecule has 0 radical (unpaired) electrons. The van der Waals surface area contributed by atoms with Crippen LogP contribution in [0.1, 0.15) is 12.8 Å². The number of alkyl halides is 1. The van der Waals surface area contributed by atoms with E-state index in [2.05, 4.69) is 17.0 Å². The minimum absolute atomic E-state index is 0.259. The number of rotatable bonds is 2. The molecule has 0 atom stereocenters. The van der Waals surface area contributed by atoms with E-state index in [1.807, 2.05) is 0 Å². The summed E-state index contributed by atoms with van der Waals surface area (Å²) in [5.74, 6) is 0. The fourth-order valence-corrected chi connectivity index (χ4v) is 1.23. The van der Waals surface area contributed by atoms with Gasteiger partial charge in [0.1, 0.15) is 5.67 Å². The second kappa shape index (κ2) is 3.10. The quantitative estimate of drug-likeness (QED) is 0.569. The lowest BCUT2D eigenvalue weighted by Gasteiger charge is -2.28. The molecule has 0 spiro atoms. The largest absolute Gasteiger partial charge is 0.316 e. The lowest BCUT2D eigenvalue weighted by molar-refractivity contribution is 0.126. The molecule has 1 saturated heterocycles. The summed E-state index contributed by atoms with van der Waals surface area (Å²) < 4.78 is 13.4. The first kappa shape index (κ1) is 7.66. The van der Waals surface area contributed by atoms with Crippen molar-refractivity contribution in [1.82, 2.24) is 5.32 Å². The normalized spacial score (nSPS) is 24.1. The van der Waals surface area contributed by atoms with E-state index in [1.54, 1.807) is 0 Å². The van der Waals surface area contributed by atoms with Crippen LogP contribution in [0.15, 0.2) is 4.99 Å². The van der Waals surface area contributed by atoms with Gasteiger partial charge in [0.05, 0.1) is 6.54 Å². The van der Waals surface area contributed by atoms with Crippen molar-refractivity contribution in [3.8, 4) is 0 Å². The summed E-state index contributed by atoms with van der Waals surface area (Å²) in [5, 5.41) is 3.10. The van der Waals surface area contributed by atoms with E-state index >= 15 is 0 Å². The van der Waals surface area contributed by atoms with Crippen molar-refractivity contribution < 1.29 is 4.39 Å². The van der Waals surface area contributed by atoms with Gasteiger partial charge < -0.3 is 5.32 Å². The minimum Gasteiger partial charge on any atom is -0.316 e. The SMILES string of the molecule is C=NCC1(F)CCNCC1. The molecule has 3 heteroatoms. The first-order valence-corrected chi connectivity index (χ1v) is 3.59. The van der Waals surface area contributed by atoms with Gasteiger partial charge in [-0.05, 0) is 32.6 Å². The van der Waals surface area contributed by atoms with Crippen LogP contribution in [0.4, 0.5) is 4.39 Å². The average Bonchev–Trinajstić information content (AvgIpc) is 1.89. The highest BCUT2D eigenvalue weighted by Crippen LogP contribution is 2.22. The predicted octanol–water partition coefficient (Wildman–Crippen LogP) is 0.779. The highest BCUT2D eigenvalue weighted by atomic mass is 19.1. The maximum atomic E-state index is 13.4. The van der Waals surface area contributed by atoms with Crippen molar-refractivity contribution in [3.63, 3.8) is 0 Å². The summed E-state index contributed by atoms with van der Waals surface area (Å²) in [6.07, 6.45) is 1.15. The molecule has 0 aliphatic carbocycles. The summed E-state index contributed by atoms with van der Waals surface area (Å²) in [6, 6.07) is 0. The van der Waals surface area contributed by atoms with Crippen LogP contribution < -0.4 is 5.32 Å². The van der Waals surface area contributed by atoms with Crippen molar-refractivity contribution >= 4 is 6.72 Å². The zero-order valence-electron chi connectivity index (χ0n) is 6.07. The van der Waals surface area contributed by atoms with Gasteiger partial charge >= 0.3 is 0 Å². The Hall–Kier alpha value is -0.440. The number of hydrogen-bond acceptors (Lipinski definition) is 2. The summed E-state index contributed by atoms with van der Waals surface area (Å²) in [7, 11) is 0. The Morgan fingerprint density at radius 3 is 2.60 bits per heavy atom. The number of piperidine rings is 1. The first-order chi connectivity index (χ1) is 4.77. The van der Waals surface area contributed by atoms with Gasteiger partial charge in [0, 0.05) is 0 Å². The van der Waals surface area contributed by atoms with E-state index < -0.39 is 5.67 Å². The average molecular weight is 144 g/mol. The summed E-state index contributed by atoms with van der Waals surface area (Å²) in [6.45, 7) is 5.09. The molecule has 1 aliphatic rings. The highest BCUT2D eigenvalue weighted by molar-refractivity contribution is 5.23. The number of nitrogens with zero attached hydrogens (tertiary/aromatic N) is 1. The van der Waals surface area contributed by atoms with Crippen molar-refractivity contribution in [3.05, 3.63) is 0 Å². The van der Waals surface area contributed by atoms with Gasteiger partial charge in [-0.25, -0.2) is 4.39 Å². The number of hydrogen-bond donors (Lipinski definition) is 1. The van der Waals surface area contributed by atoms with Crippen LogP contribution in [-0.2, 0) is 0 Å². The third-order valence-corrected chi connectivity index (χ3v) is 1.89. The molecule has 1 rings (SSSR count). The van der Waals surface area contributed by atoms with Crippen LogP contribution in [0.3, 0.4) is 0 Å². The Balaban J connectivity index is 2.39. The molecule has 0 unspecified atom stereocenters. The van der Waals surface area contributed by atoms with E-state index in [1.165, 1.54) is 0 Å². The number of nitrogens with one attached hydrogen (secondary N) is 1. The molecule has 0 aromatic rings. The molecule has 0 aromatic heterocycles. The van der Waals surface area contributed by atoms with E-state index in [4.69, 9.17) is 0 Å². The van der Waals surface area contributed by atoms with Gasteiger partial charge in [-0.1, -0.05) is 0 Å². The second-order valence-corrected chi connectivity index (χ2v) is 2.78. The molecule has 10 heavy (non-hydrogen) atoms. The maximum absolute atomic E-state index is 13.4. The summed E-state index contributed by atoms with van der Waals surface area (Å²) >= 11 is 0. The van der Waals surface area contributed by atoms with Crippen LogP contribution in [0.2, 0.25) is 0 Å². The van der Waals surface area contributed by atoms with E-state index in [-0.39, 0.29) is 6.54 Å². The Bertz CT molecular complexity index is 119. The molecule has 2 nitrogen and oxygen atoms in total. The fourth-order valence-electron chi connectivity index (χ4n) is 1.23. The Kier molecular flexibility index (Phi) is 2.38. The van der Waals surface area contributed by atoms with Crippen LogP contribution in [-0.4, -0.2) is 32.0 Å². The van der Waals surface area contributed by atoms with Crippen LogP contribution in [0.5, 0.6) is 0 Å². The first-order valence-electron chi connectivity index (χ1n) is 3.59. The smallest absolute Gasteiger partial charge is 0.132 e. The van der Waals surface area contributed by atoms with Gasteiger partial charge in [0.2, 0.25) is 0 Å². The lowest BCUT2D eigenvalue weighted by Crippen LogP contribution is -2.40. The molecule has 0 saturated carbocycles. The molecule has 0 aromatic carbocycles. The minimum atomic E-state index is -1.06. The third-order valence-electron chi connectivity index (χ3n) is 1.89. The van der Waals surface area contributed by atoms with Gasteiger partial charge in [-0.15, -0.1) is 0 Å². The fraction of sp³-hybridized carbons (Fsp3) is 0.857. The van der Waals surface area contributed by atoms with Gasteiger partial charge in [0.15, 0.2) is 0 Å². The Labute approximate surface area is 60.5 Å². The molecule has 1 aliphatic heterocycles. The highest BCUT2D eigenvalue weighted by Gasteiger charge is 2.30. The van der Waals surface area contributed by atoms with Crippen molar-refractivity contribution in [2.75, 3.05) is 19.6 Å². The van der Waals surface area contributed by atoms with Crippen LogP contribution >= 0.6 is 0 Å². The lowest BCUT2D eigenvalue weighted by atomic mass is 9.95. The molecule has 1 heterocycles. The van der Waals surface area contributed by atoms with E-state index in [0.29, 0.717) is 12.8 Å². The number of halogens is 1. The maximum Gasteiger partial charge on any atom is 0.132 e. The zero-order chi connectivity index (χ0) is 7.45. The monoisotopic (exact) mass is 144 g/mol. The zero-order valence-corrected chi connectivity index (χ0v) is 6.07. The van der Waals surface area contributed by atoms with Gasteiger partial charge in [0.25, 0.3) is 0 Å². The predicted molar refractivity (Wildman–Crippen MR) is 40.4 cm³/mol. The molecule has 58 valence electrons. The number of aliphatic imine (C=N–C) groups is 1. The summed E-state index contributed by atoms with van der Waals surface area (Å²) in [5.41, 5.74) is -1.06. The summed E-state index contributed by atoms with van der Waals surface area (Å²) in [4.78, 5) is 3.58. The van der Waals surface area contributed by atoms with Gasteiger partial charge in [-0.2, -0.15) is 0 Å². The van der Waals surface area contributed by atoms with Crippen molar-refractivity contribution in [1.29, 1.82) is 0 Å². The molecule has 0 amide bonds. The van der Waals surface area contributed by atoms with E-state index in [9.17, 15) is 4.39 Å². The third kappa shape index (κ3) is 1.77. The topological polar surface area (TPSA) is 24.4 Å². The van der Waals surface area contributed by atoms with E-state index in [0.717, 1.165) is 13.1 Å². The second-order valence-electron chi connectivity index (χ2n) is 2.78. The Morgan fingerprint density at radius 2 is 2.10 bits per heavy atom. The van der Waals surface area contributed by atoms with Crippen molar-refractivity contribution in [2.45, 2.75) is 18.5 Å². The molecule has 1 N–H and O–H groups in total.